The minimum atomic E-state index is -0.255. The molecule has 0 aliphatic carbocycles. The standard InChI is InChI=1S/C19H18FN3OS2/c1-13-12-21-19(25-13)23-10-8-22(9-11-23)18(24)17-7-6-16(26-17)14-2-4-15(20)5-3-14/h2-7,12H,8-11H2,1H3. The molecule has 1 amide bonds. The maximum atomic E-state index is 13.1. The van der Waals surface area contributed by atoms with Crippen molar-refractivity contribution >= 4 is 33.7 Å². The summed E-state index contributed by atoms with van der Waals surface area (Å²) in [6.07, 6.45) is 1.89. The highest BCUT2D eigenvalue weighted by atomic mass is 32.1. The molecule has 1 aliphatic rings. The predicted molar refractivity (Wildman–Crippen MR) is 105 cm³/mol. The number of hydrogen-bond donors (Lipinski definition) is 0. The number of carbonyl (C=O) groups excluding carboxylic acids is 1. The molecule has 1 fully saturated rings. The molecule has 0 saturated carbocycles. The molecule has 134 valence electrons. The number of anilines is 1. The van der Waals surface area contributed by atoms with E-state index >= 15 is 0 Å². The van der Waals surface area contributed by atoms with Crippen molar-refractivity contribution in [3.05, 3.63) is 58.2 Å². The largest absolute Gasteiger partial charge is 0.345 e. The van der Waals surface area contributed by atoms with E-state index in [9.17, 15) is 9.18 Å². The molecular formula is C19H18FN3OS2. The number of rotatable bonds is 3. The Hall–Kier alpha value is -2.25. The summed E-state index contributed by atoms with van der Waals surface area (Å²) in [5.41, 5.74) is 0.930. The summed E-state index contributed by atoms with van der Waals surface area (Å²) < 4.78 is 13.1. The van der Waals surface area contributed by atoms with Crippen molar-refractivity contribution in [2.24, 2.45) is 0 Å². The highest BCUT2D eigenvalue weighted by molar-refractivity contribution is 7.17. The van der Waals surface area contributed by atoms with Crippen LogP contribution in [0.2, 0.25) is 0 Å². The van der Waals surface area contributed by atoms with Crippen molar-refractivity contribution in [3.63, 3.8) is 0 Å². The van der Waals surface area contributed by atoms with E-state index in [1.165, 1.54) is 28.3 Å². The number of aryl methyl sites for hydroxylation is 1. The van der Waals surface area contributed by atoms with E-state index in [2.05, 4.69) is 16.8 Å². The molecule has 3 heterocycles. The smallest absolute Gasteiger partial charge is 0.264 e. The van der Waals surface area contributed by atoms with Crippen LogP contribution in [-0.4, -0.2) is 42.0 Å². The third-order valence-corrected chi connectivity index (χ3v) is 6.49. The van der Waals surface area contributed by atoms with Gasteiger partial charge in [0.05, 0.1) is 4.88 Å². The van der Waals surface area contributed by atoms with E-state index < -0.39 is 0 Å². The zero-order valence-corrected chi connectivity index (χ0v) is 15.9. The van der Waals surface area contributed by atoms with Crippen molar-refractivity contribution < 1.29 is 9.18 Å². The van der Waals surface area contributed by atoms with Gasteiger partial charge in [0.25, 0.3) is 5.91 Å². The average molecular weight is 388 g/mol. The topological polar surface area (TPSA) is 36.4 Å². The summed E-state index contributed by atoms with van der Waals surface area (Å²) >= 11 is 3.15. The molecule has 1 aromatic carbocycles. The summed E-state index contributed by atoms with van der Waals surface area (Å²) in [5, 5.41) is 1.03. The fourth-order valence-electron chi connectivity index (χ4n) is 2.97. The minimum absolute atomic E-state index is 0.0679. The third-order valence-electron chi connectivity index (χ3n) is 4.39. The highest BCUT2D eigenvalue weighted by Gasteiger charge is 2.24. The predicted octanol–water partition coefficient (Wildman–Crippen LogP) is 4.28. The first-order valence-electron chi connectivity index (χ1n) is 8.42. The van der Waals surface area contributed by atoms with Gasteiger partial charge >= 0.3 is 0 Å². The van der Waals surface area contributed by atoms with Crippen LogP contribution in [-0.2, 0) is 0 Å². The summed E-state index contributed by atoms with van der Waals surface area (Å²) in [6, 6.07) is 10.2. The van der Waals surface area contributed by atoms with E-state index in [0.717, 1.165) is 33.5 Å². The first-order chi connectivity index (χ1) is 12.6. The average Bonchev–Trinajstić information content (AvgIpc) is 3.31. The zero-order chi connectivity index (χ0) is 18.1. The van der Waals surface area contributed by atoms with Crippen molar-refractivity contribution in [2.75, 3.05) is 31.1 Å². The molecular weight excluding hydrogens is 369 g/mol. The summed E-state index contributed by atoms with van der Waals surface area (Å²) in [7, 11) is 0. The van der Waals surface area contributed by atoms with Crippen LogP contribution in [0.15, 0.2) is 42.6 Å². The van der Waals surface area contributed by atoms with Crippen molar-refractivity contribution in [1.29, 1.82) is 0 Å². The van der Waals surface area contributed by atoms with Gasteiger partial charge in [-0.3, -0.25) is 4.79 Å². The van der Waals surface area contributed by atoms with Gasteiger partial charge in [0.1, 0.15) is 5.82 Å². The Morgan fingerprint density at radius 1 is 1.04 bits per heavy atom. The van der Waals surface area contributed by atoms with Gasteiger partial charge in [-0.2, -0.15) is 0 Å². The molecule has 3 aromatic rings. The fraction of sp³-hybridized carbons (Fsp3) is 0.263. The van der Waals surface area contributed by atoms with Crippen molar-refractivity contribution in [1.82, 2.24) is 9.88 Å². The van der Waals surface area contributed by atoms with E-state index in [1.807, 2.05) is 23.2 Å². The summed E-state index contributed by atoms with van der Waals surface area (Å²) in [4.78, 5) is 24.3. The van der Waals surface area contributed by atoms with Crippen LogP contribution in [0, 0.1) is 12.7 Å². The Bertz CT molecular complexity index is 911. The number of amides is 1. The van der Waals surface area contributed by atoms with Gasteiger partial charge in [-0.05, 0) is 36.8 Å². The number of thiophene rings is 1. The number of aromatic nitrogens is 1. The lowest BCUT2D eigenvalue weighted by molar-refractivity contribution is 0.0751. The third kappa shape index (κ3) is 3.50. The first kappa shape index (κ1) is 17.2. The van der Waals surface area contributed by atoms with Gasteiger partial charge in [-0.1, -0.05) is 12.1 Å². The lowest BCUT2D eigenvalue weighted by Crippen LogP contribution is -2.48. The van der Waals surface area contributed by atoms with E-state index in [0.29, 0.717) is 13.1 Å². The Morgan fingerprint density at radius 3 is 2.42 bits per heavy atom. The Kier molecular flexibility index (Phi) is 4.74. The Balaban J connectivity index is 1.42. The molecule has 0 unspecified atom stereocenters. The van der Waals surface area contributed by atoms with Crippen LogP contribution in [0.5, 0.6) is 0 Å². The Morgan fingerprint density at radius 2 is 1.77 bits per heavy atom. The van der Waals surface area contributed by atoms with Crippen LogP contribution in [0.25, 0.3) is 10.4 Å². The summed E-state index contributed by atoms with van der Waals surface area (Å²) in [5.74, 6) is -0.187. The van der Waals surface area contributed by atoms with Crippen LogP contribution in [0.3, 0.4) is 0 Å². The lowest BCUT2D eigenvalue weighted by atomic mass is 10.2. The van der Waals surface area contributed by atoms with Gasteiger partial charge < -0.3 is 9.80 Å². The number of benzene rings is 1. The van der Waals surface area contributed by atoms with Crippen molar-refractivity contribution in [2.45, 2.75) is 6.92 Å². The lowest BCUT2D eigenvalue weighted by Gasteiger charge is -2.34. The molecule has 0 spiro atoms. The molecule has 0 atom stereocenters. The van der Waals surface area contributed by atoms with E-state index in [-0.39, 0.29) is 11.7 Å². The maximum Gasteiger partial charge on any atom is 0.264 e. The van der Waals surface area contributed by atoms with Crippen LogP contribution in [0.4, 0.5) is 9.52 Å². The van der Waals surface area contributed by atoms with Crippen LogP contribution < -0.4 is 4.90 Å². The number of nitrogens with zero attached hydrogens (tertiary/aromatic N) is 3. The van der Waals surface area contributed by atoms with Crippen LogP contribution >= 0.6 is 22.7 Å². The zero-order valence-electron chi connectivity index (χ0n) is 14.3. The molecule has 26 heavy (non-hydrogen) atoms. The van der Waals surface area contributed by atoms with Crippen LogP contribution in [0.1, 0.15) is 14.5 Å². The van der Waals surface area contributed by atoms with Crippen molar-refractivity contribution in [3.8, 4) is 10.4 Å². The van der Waals surface area contributed by atoms with E-state index in [4.69, 9.17) is 0 Å². The van der Waals surface area contributed by atoms with Gasteiger partial charge in [0.15, 0.2) is 5.13 Å². The number of halogens is 1. The minimum Gasteiger partial charge on any atom is -0.345 e. The van der Waals surface area contributed by atoms with Gasteiger partial charge in [0.2, 0.25) is 0 Å². The molecule has 0 N–H and O–H groups in total. The SMILES string of the molecule is Cc1cnc(N2CCN(C(=O)c3ccc(-c4ccc(F)cc4)s3)CC2)s1. The van der Waals surface area contributed by atoms with Gasteiger partial charge in [-0.15, -0.1) is 22.7 Å². The second kappa shape index (κ2) is 7.17. The molecule has 0 radical (unpaired) electrons. The molecule has 0 bridgehead atoms. The van der Waals surface area contributed by atoms with Gasteiger partial charge in [0, 0.05) is 42.1 Å². The second-order valence-corrected chi connectivity index (χ2v) is 8.50. The quantitative estimate of drug-likeness (QED) is 0.673. The summed E-state index contributed by atoms with van der Waals surface area (Å²) in [6.45, 7) is 5.04. The molecule has 4 rings (SSSR count). The number of carbonyl (C=O) groups is 1. The first-order valence-corrected chi connectivity index (χ1v) is 10.1. The Labute approximate surface area is 159 Å². The molecule has 7 heteroatoms. The normalized spacial score (nSPS) is 14.7. The molecule has 1 saturated heterocycles. The van der Waals surface area contributed by atoms with Gasteiger partial charge in [-0.25, -0.2) is 9.37 Å². The highest BCUT2D eigenvalue weighted by Crippen LogP contribution is 2.29. The second-order valence-electron chi connectivity index (χ2n) is 6.20. The molecule has 1 aliphatic heterocycles. The monoisotopic (exact) mass is 387 g/mol. The maximum absolute atomic E-state index is 13.1. The fourth-order valence-corrected chi connectivity index (χ4v) is 4.76. The molecule has 4 nitrogen and oxygen atoms in total. The molecule has 2 aromatic heterocycles. The van der Waals surface area contributed by atoms with E-state index in [1.54, 1.807) is 23.5 Å². The number of hydrogen-bond acceptors (Lipinski definition) is 5. The number of thiazole rings is 1. The number of piperazine rings is 1.